The molecule has 0 aliphatic carbocycles. The van der Waals surface area contributed by atoms with Crippen LogP contribution in [0.25, 0.3) is 0 Å². The van der Waals surface area contributed by atoms with Gasteiger partial charge in [-0.25, -0.2) is 0 Å². The molecule has 1 aliphatic rings. The lowest BCUT2D eigenvalue weighted by Gasteiger charge is -2.21. The number of aliphatic carboxylic acids is 3. The third-order valence-corrected chi connectivity index (χ3v) is 3.77. The Bertz CT molecular complexity index is 689. The molecule has 1 fully saturated rings. The van der Waals surface area contributed by atoms with Crippen molar-refractivity contribution in [2.75, 3.05) is 45.8 Å². The number of isothiocyanates is 1. The van der Waals surface area contributed by atoms with Crippen molar-refractivity contribution in [2.45, 2.75) is 33.2 Å². The third-order valence-electron chi connectivity index (χ3n) is 3.68. The number of rotatable bonds is 3. The van der Waals surface area contributed by atoms with Gasteiger partial charge in [0.05, 0.1) is 10.8 Å². The number of thiocarbonyl (C=S) groups is 1. The van der Waals surface area contributed by atoms with Gasteiger partial charge >= 0.3 is 0 Å². The monoisotopic (exact) mass is 499 g/mol. The first kappa shape index (κ1) is 33.4. The standard InChI is InChI=1S/C16H25N5S.3C2H4O2/c22-13-21-15-3-1-14(2-4-15)11-16-12-19-8-7-17-5-6-18-9-10-20-16;3*1-2(3)4/h1-4,16-20H,5-12H2;3*1H3,(H,3,4). The van der Waals surface area contributed by atoms with E-state index in [-0.39, 0.29) is 0 Å². The highest BCUT2D eigenvalue weighted by Gasteiger charge is 2.09. The van der Waals surface area contributed by atoms with E-state index in [2.05, 4.69) is 55.8 Å². The van der Waals surface area contributed by atoms with Gasteiger partial charge in [-0.2, -0.15) is 4.99 Å². The van der Waals surface area contributed by atoms with Crippen molar-refractivity contribution in [3.63, 3.8) is 0 Å². The van der Waals surface area contributed by atoms with Gasteiger partial charge in [0, 0.05) is 72.6 Å². The SMILES string of the molecule is CC(=O)O.CC(=O)O.CC(=O)O.S=C=Nc1ccc(CC2CNCCNCCNCCN2)cc1. The van der Waals surface area contributed by atoms with Gasteiger partial charge in [-0.15, -0.1) is 0 Å². The maximum atomic E-state index is 9.00. The first-order valence-corrected chi connectivity index (χ1v) is 11.1. The van der Waals surface area contributed by atoms with Crippen LogP contribution in [0.2, 0.25) is 0 Å². The Kier molecular flexibility index (Phi) is 23.0. The second-order valence-electron chi connectivity index (χ2n) is 6.99. The predicted octanol–water partition coefficient (Wildman–Crippen LogP) is 0.977. The predicted molar refractivity (Wildman–Crippen MR) is 135 cm³/mol. The fourth-order valence-corrected chi connectivity index (χ4v) is 2.61. The van der Waals surface area contributed by atoms with E-state index in [4.69, 9.17) is 29.7 Å². The number of nitrogens with one attached hydrogen (secondary N) is 4. The van der Waals surface area contributed by atoms with E-state index in [0.29, 0.717) is 6.04 Å². The lowest BCUT2D eigenvalue weighted by atomic mass is 10.1. The molecule has 1 heterocycles. The maximum absolute atomic E-state index is 9.00. The van der Waals surface area contributed by atoms with E-state index >= 15 is 0 Å². The summed E-state index contributed by atoms with van der Waals surface area (Å²) in [6, 6.07) is 8.64. The molecule has 34 heavy (non-hydrogen) atoms. The van der Waals surface area contributed by atoms with E-state index in [9.17, 15) is 0 Å². The number of hydrogen-bond acceptors (Lipinski definition) is 9. The molecule has 0 saturated carbocycles. The molecule has 1 aromatic rings. The Morgan fingerprint density at radius 2 is 1.26 bits per heavy atom. The number of carboxylic acid groups (broad SMARTS) is 3. The quantitative estimate of drug-likeness (QED) is 0.233. The molecule has 1 aliphatic heterocycles. The molecule has 0 radical (unpaired) electrons. The smallest absolute Gasteiger partial charge is 0.300 e. The topological polar surface area (TPSA) is 172 Å². The van der Waals surface area contributed by atoms with Crippen molar-refractivity contribution >= 4 is 41.0 Å². The van der Waals surface area contributed by atoms with Crippen LogP contribution < -0.4 is 21.3 Å². The van der Waals surface area contributed by atoms with Crippen molar-refractivity contribution in [3.05, 3.63) is 29.8 Å². The zero-order chi connectivity index (χ0) is 26.2. The van der Waals surface area contributed by atoms with Crippen LogP contribution in [-0.4, -0.2) is 90.2 Å². The summed E-state index contributed by atoms with van der Waals surface area (Å²) in [6.07, 6.45) is 1.00. The van der Waals surface area contributed by atoms with Gasteiger partial charge in [0.25, 0.3) is 17.9 Å². The van der Waals surface area contributed by atoms with E-state index in [1.54, 1.807) is 0 Å². The highest BCUT2D eigenvalue weighted by atomic mass is 32.1. The zero-order valence-corrected chi connectivity index (χ0v) is 20.8. The van der Waals surface area contributed by atoms with Gasteiger partial charge in [-0.3, -0.25) is 14.4 Å². The van der Waals surface area contributed by atoms with Crippen molar-refractivity contribution in [1.29, 1.82) is 0 Å². The van der Waals surface area contributed by atoms with Crippen molar-refractivity contribution < 1.29 is 29.7 Å². The summed E-state index contributed by atoms with van der Waals surface area (Å²) in [6.45, 7) is 10.3. The molecular formula is C22H37N5O6S. The average Bonchev–Trinajstić information content (AvgIpc) is 2.70. The van der Waals surface area contributed by atoms with Crippen LogP contribution in [0.3, 0.4) is 0 Å². The Labute approximate surface area is 206 Å². The Morgan fingerprint density at radius 3 is 1.71 bits per heavy atom. The Morgan fingerprint density at radius 1 is 0.853 bits per heavy atom. The van der Waals surface area contributed by atoms with E-state index in [1.165, 1.54) is 5.56 Å². The Hall–Kier alpha value is -2.73. The van der Waals surface area contributed by atoms with Crippen LogP contribution in [0.5, 0.6) is 0 Å². The maximum Gasteiger partial charge on any atom is 0.300 e. The first-order chi connectivity index (χ1) is 16.1. The van der Waals surface area contributed by atoms with Crippen LogP contribution >= 0.6 is 12.2 Å². The van der Waals surface area contributed by atoms with Crippen LogP contribution in [0.4, 0.5) is 5.69 Å². The normalized spacial score (nSPS) is 15.9. The van der Waals surface area contributed by atoms with Crippen LogP contribution in [0.1, 0.15) is 26.3 Å². The number of nitrogens with zero attached hydrogens (tertiary/aromatic N) is 1. The van der Waals surface area contributed by atoms with E-state index in [1.807, 2.05) is 12.1 Å². The number of carboxylic acids is 3. The highest BCUT2D eigenvalue weighted by Crippen LogP contribution is 2.13. The molecule has 12 heteroatoms. The number of benzene rings is 1. The molecule has 0 bridgehead atoms. The summed E-state index contributed by atoms with van der Waals surface area (Å²) in [5.74, 6) is -2.50. The third kappa shape index (κ3) is 29.3. The second-order valence-corrected chi connectivity index (χ2v) is 7.17. The molecular weight excluding hydrogens is 462 g/mol. The molecule has 7 N–H and O–H groups in total. The fourth-order valence-electron chi connectivity index (χ4n) is 2.50. The number of carbonyl (C=O) groups is 3. The molecule has 192 valence electrons. The fraction of sp³-hybridized carbons (Fsp3) is 0.545. The summed E-state index contributed by atoms with van der Waals surface area (Å²) < 4.78 is 0. The van der Waals surface area contributed by atoms with E-state index < -0.39 is 17.9 Å². The highest BCUT2D eigenvalue weighted by molar-refractivity contribution is 7.78. The van der Waals surface area contributed by atoms with Crippen LogP contribution in [-0.2, 0) is 20.8 Å². The van der Waals surface area contributed by atoms with Gasteiger partial charge in [0.1, 0.15) is 0 Å². The summed E-state index contributed by atoms with van der Waals surface area (Å²) in [5.41, 5.74) is 2.17. The lowest BCUT2D eigenvalue weighted by molar-refractivity contribution is -0.135. The van der Waals surface area contributed by atoms with Gasteiger partial charge in [-0.05, 0) is 36.3 Å². The molecule has 1 unspecified atom stereocenters. The van der Waals surface area contributed by atoms with Crippen molar-refractivity contribution in [1.82, 2.24) is 21.3 Å². The number of hydrogen-bond donors (Lipinski definition) is 7. The minimum absolute atomic E-state index is 0.432. The van der Waals surface area contributed by atoms with Crippen molar-refractivity contribution in [2.24, 2.45) is 4.99 Å². The Balaban J connectivity index is 0. The summed E-state index contributed by atoms with van der Waals surface area (Å²) in [4.78, 5) is 31.0. The largest absolute Gasteiger partial charge is 0.481 e. The molecule has 2 rings (SSSR count). The first-order valence-electron chi connectivity index (χ1n) is 10.7. The minimum atomic E-state index is -0.833. The molecule has 1 aromatic carbocycles. The zero-order valence-electron chi connectivity index (χ0n) is 20.0. The summed E-state index contributed by atoms with van der Waals surface area (Å²) in [7, 11) is 0. The minimum Gasteiger partial charge on any atom is -0.481 e. The van der Waals surface area contributed by atoms with Gasteiger partial charge < -0.3 is 36.6 Å². The van der Waals surface area contributed by atoms with Crippen LogP contribution in [0.15, 0.2) is 29.3 Å². The number of aliphatic imine (C=N–C) groups is 1. The second kappa shape index (κ2) is 23.4. The molecule has 0 spiro atoms. The molecule has 11 nitrogen and oxygen atoms in total. The molecule has 0 aromatic heterocycles. The van der Waals surface area contributed by atoms with Crippen molar-refractivity contribution in [3.8, 4) is 0 Å². The lowest BCUT2D eigenvalue weighted by Crippen LogP contribution is -2.46. The summed E-state index contributed by atoms with van der Waals surface area (Å²) in [5, 5.41) is 38.6. The molecule has 1 saturated heterocycles. The van der Waals surface area contributed by atoms with Gasteiger partial charge in [-0.1, -0.05) is 12.1 Å². The van der Waals surface area contributed by atoms with E-state index in [0.717, 1.165) is 78.7 Å². The van der Waals surface area contributed by atoms with Gasteiger partial charge in [0.2, 0.25) is 0 Å². The summed E-state index contributed by atoms with van der Waals surface area (Å²) >= 11 is 4.62. The average molecular weight is 500 g/mol. The van der Waals surface area contributed by atoms with Crippen LogP contribution in [0, 0.1) is 0 Å². The molecule has 0 amide bonds. The van der Waals surface area contributed by atoms with Gasteiger partial charge in [0.15, 0.2) is 0 Å². The molecule has 1 atom stereocenters.